The van der Waals surface area contributed by atoms with Gasteiger partial charge < -0.3 is 18.9 Å². The summed E-state index contributed by atoms with van der Waals surface area (Å²) in [5, 5.41) is 1.63. The summed E-state index contributed by atoms with van der Waals surface area (Å²) < 4.78 is 13.7. The number of nitrogens with zero attached hydrogens (tertiary/aromatic N) is 2. The largest absolute Gasteiger partial charge is 0.493 e. The Morgan fingerprint density at radius 2 is 1.87 bits per heavy atom. The number of fused-ring (bicyclic) bond motifs is 1. The van der Waals surface area contributed by atoms with Gasteiger partial charge in [0.05, 0.1) is 24.3 Å². The summed E-state index contributed by atoms with van der Waals surface area (Å²) in [7, 11) is 0. The van der Waals surface area contributed by atoms with Crippen molar-refractivity contribution in [3.8, 4) is 5.75 Å². The van der Waals surface area contributed by atoms with Crippen LogP contribution in [0.15, 0.2) is 48.5 Å². The smallest absolute Gasteiger partial charge is 0.270 e. The number of hydrogen-bond donors (Lipinski definition) is 0. The molecule has 0 aliphatic carbocycles. The molecule has 1 saturated heterocycles. The minimum absolute atomic E-state index is 0.0117. The van der Waals surface area contributed by atoms with E-state index in [9.17, 15) is 4.79 Å². The maximum Gasteiger partial charge on any atom is 0.270 e. The summed E-state index contributed by atoms with van der Waals surface area (Å²) in [6, 6.07) is 15.7. The van der Waals surface area contributed by atoms with E-state index in [4.69, 9.17) is 21.1 Å². The minimum Gasteiger partial charge on any atom is -0.493 e. The number of carbonyl (C=O) groups excluding carboxylic acids is 1. The first kappa shape index (κ1) is 20.8. The Bertz CT molecular complexity index is 1050. The molecule has 2 unspecified atom stereocenters. The highest BCUT2D eigenvalue weighted by Crippen LogP contribution is 2.31. The Kier molecular flexibility index (Phi) is 6.02. The van der Waals surface area contributed by atoms with Gasteiger partial charge in [0.25, 0.3) is 5.91 Å². The highest BCUT2D eigenvalue weighted by molar-refractivity contribution is 6.30. The second-order valence-electron chi connectivity index (χ2n) is 7.84. The van der Waals surface area contributed by atoms with E-state index in [1.165, 1.54) is 0 Å². The fourth-order valence-corrected chi connectivity index (χ4v) is 4.42. The molecule has 0 bridgehead atoms. The summed E-state index contributed by atoms with van der Waals surface area (Å²) in [6.07, 6.45) is 0.0323. The normalized spacial score (nSPS) is 19.3. The first-order valence-corrected chi connectivity index (χ1v) is 10.8. The van der Waals surface area contributed by atoms with E-state index < -0.39 is 0 Å². The summed E-state index contributed by atoms with van der Waals surface area (Å²) in [5.41, 5.74) is 2.66. The number of carbonyl (C=O) groups is 1. The van der Waals surface area contributed by atoms with Gasteiger partial charge in [-0.3, -0.25) is 4.79 Å². The van der Waals surface area contributed by atoms with Crippen LogP contribution < -0.4 is 4.74 Å². The molecule has 6 heteroatoms. The lowest BCUT2D eigenvalue weighted by Gasteiger charge is -2.35. The van der Waals surface area contributed by atoms with Gasteiger partial charge in [-0.25, -0.2) is 0 Å². The number of morpholine rings is 1. The summed E-state index contributed by atoms with van der Waals surface area (Å²) in [6.45, 7) is 8.26. The van der Waals surface area contributed by atoms with Crippen molar-refractivity contribution in [2.24, 2.45) is 0 Å². The molecule has 0 N–H and O–H groups in total. The van der Waals surface area contributed by atoms with Gasteiger partial charge in [-0.1, -0.05) is 29.8 Å². The second kappa shape index (κ2) is 8.70. The fourth-order valence-electron chi connectivity index (χ4n) is 4.21. The summed E-state index contributed by atoms with van der Waals surface area (Å²) in [4.78, 5) is 15.5. The second-order valence-corrected chi connectivity index (χ2v) is 8.27. The van der Waals surface area contributed by atoms with Crippen molar-refractivity contribution >= 4 is 28.4 Å². The molecule has 1 aromatic heterocycles. The quantitative estimate of drug-likeness (QED) is 0.577. The van der Waals surface area contributed by atoms with Crippen LogP contribution in [0.4, 0.5) is 0 Å². The number of aromatic nitrogens is 1. The van der Waals surface area contributed by atoms with Crippen LogP contribution in [0.5, 0.6) is 5.75 Å². The molecule has 4 rings (SSSR count). The lowest BCUT2D eigenvalue weighted by atomic mass is 10.2. The first-order chi connectivity index (χ1) is 14.5. The first-order valence-electron chi connectivity index (χ1n) is 10.4. The topological polar surface area (TPSA) is 43.7 Å². The van der Waals surface area contributed by atoms with Gasteiger partial charge in [-0.15, -0.1) is 0 Å². The number of benzene rings is 2. The van der Waals surface area contributed by atoms with Crippen molar-refractivity contribution < 1.29 is 14.3 Å². The molecule has 1 aliphatic heterocycles. The highest BCUT2D eigenvalue weighted by Gasteiger charge is 2.29. The van der Waals surface area contributed by atoms with Crippen molar-refractivity contribution in [3.05, 3.63) is 64.8 Å². The third-order valence-corrected chi connectivity index (χ3v) is 5.60. The number of hydrogen-bond acceptors (Lipinski definition) is 3. The third kappa shape index (κ3) is 4.18. The molecule has 1 fully saturated rings. The Morgan fingerprint density at radius 3 is 2.57 bits per heavy atom. The van der Waals surface area contributed by atoms with Gasteiger partial charge in [0.1, 0.15) is 11.4 Å². The van der Waals surface area contributed by atoms with Crippen LogP contribution in [0.2, 0.25) is 5.02 Å². The number of halogens is 1. The zero-order valence-electron chi connectivity index (χ0n) is 17.6. The fraction of sp³-hybridized carbons (Fsp3) is 0.375. The Labute approximate surface area is 182 Å². The van der Waals surface area contributed by atoms with Crippen molar-refractivity contribution in [1.82, 2.24) is 9.47 Å². The van der Waals surface area contributed by atoms with Crippen molar-refractivity contribution in [2.75, 3.05) is 19.7 Å². The van der Waals surface area contributed by atoms with E-state index in [1.807, 2.05) is 74.2 Å². The number of amides is 1. The summed E-state index contributed by atoms with van der Waals surface area (Å²) in [5.74, 6) is 0.801. The summed E-state index contributed by atoms with van der Waals surface area (Å²) >= 11 is 6.21. The van der Waals surface area contributed by atoms with Crippen LogP contribution in [-0.2, 0) is 11.3 Å². The number of ether oxygens (including phenoxy) is 2. The van der Waals surface area contributed by atoms with Crippen LogP contribution >= 0.6 is 11.6 Å². The van der Waals surface area contributed by atoms with Crippen LogP contribution in [-0.4, -0.2) is 47.3 Å². The van der Waals surface area contributed by atoms with Crippen LogP contribution in [0.25, 0.3) is 10.9 Å². The van der Waals surface area contributed by atoms with Crippen molar-refractivity contribution in [3.63, 3.8) is 0 Å². The zero-order chi connectivity index (χ0) is 21.3. The molecule has 3 aromatic rings. The molecule has 1 amide bonds. The molecule has 0 spiro atoms. The molecule has 0 saturated carbocycles. The monoisotopic (exact) mass is 426 g/mol. The average molecular weight is 427 g/mol. The van der Waals surface area contributed by atoms with Gasteiger partial charge in [0.2, 0.25) is 0 Å². The van der Waals surface area contributed by atoms with Gasteiger partial charge in [-0.05, 0) is 56.7 Å². The van der Waals surface area contributed by atoms with E-state index in [0.717, 1.165) is 22.2 Å². The zero-order valence-corrected chi connectivity index (χ0v) is 18.4. The van der Waals surface area contributed by atoms with E-state index in [1.54, 1.807) is 0 Å². The predicted octanol–water partition coefficient (Wildman–Crippen LogP) is 4.99. The van der Waals surface area contributed by atoms with E-state index in [0.29, 0.717) is 37.0 Å². The molecule has 2 heterocycles. The molecular formula is C24H27ClN2O3. The molecule has 0 radical (unpaired) electrons. The lowest BCUT2D eigenvalue weighted by Crippen LogP contribution is -2.48. The van der Waals surface area contributed by atoms with Gasteiger partial charge in [-0.2, -0.15) is 0 Å². The van der Waals surface area contributed by atoms with Gasteiger partial charge >= 0.3 is 0 Å². The highest BCUT2D eigenvalue weighted by atomic mass is 35.5. The maximum atomic E-state index is 13.6. The molecule has 5 nitrogen and oxygen atoms in total. The Morgan fingerprint density at radius 1 is 1.13 bits per heavy atom. The Hall–Kier alpha value is -2.50. The number of rotatable bonds is 5. The SMILES string of the molecule is CCOc1cccc2c1cc(C(=O)N1CC(C)OC(C)C1)n2Cc1cccc(Cl)c1. The average Bonchev–Trinajstić information content (AvgIpc) is 3.06. The van der Waals surface area contributed by atoms with E-state index in [2.05, 4.69) is 4.57 Å². The van der Waals surface area contributed by atoms with E-state index >= 15 is 0 Å². The predicted molar refractivity (Wildman–Crippen MR) is 120 cm³/mol. The third-order valence-electron chi connectivity index (χ3n) is 5.36. The lowest BCUT2D eigenvalue weighted by molar-refractivity contribution is -0.0588. The standard InChI is InChI=1S/C24H27ClN2O3/c1-4-29-23-10-6-9-21-20(23)12-22(24(28)26-13-16(2)30-17(3)14-26)27(21)15-18-7-5-8-19(25)11-18/h5-12,16-17H,4,13-15H2,1-3H3. The maximum absolute atomic E-state index is 13.6. The molecule has 1 aliphatic rings. The molecule has 2 atom stereocenters. The van der Waals surface area contributed by atoms with Gasteiger partial charge in [0.15, 0.2) is 0 Å². The molecule has 2 aromatic carbocycles. The molecule has 30 heavy (non-hydrogen) atoms. The van der Waals surface area contributed by atoms with Crippen LogP contribution in [0.1, 0.15) is 36.8 Å². The molecule has 158 valence electrons. The van der Waals surface area contributed by atoms with Crippen LogP contribution in [0.3, 0.4) is 0 Å². The van der Waals surface area contributed by atoms with Crippen molar-refractivity contribution in [1.29, 1.82) is 0 Å². The molecular weight excluding hydrogens is 400 g/mol. The Balaban J connectivity index is 1.80. The van der Waals surface area contributed by atoms with Crippen LogP contribution in [0, 0.1) is 0 Å². The van der Waals surface area contributed by atoms with Gasteiger partial charge in [0, 0.05) is 30.0 Å². The minimum atomic E-state index is 0.0117. The van der Waals surface area contributed by atoms with E-state index in [-0.39, 0.29) is 18.1 Å². The van der Waals surface area contributed by atoms with Crippen molar-refractivity contribution in [2.45, 2.75) is 39.5 Å².